The number of aromatic nitrogens is 5. The fourth-order valence-electron chi connectivity index (χ4n) is 3.02. The SMILES string of the molecule is COCCn1c(NN=Cc2c(C)nn(C)c2F)nc(=O)c2c(C)cc(C)nc21. The zero-order valence-corrected chi connectivity index (χ0v) is 16.4. The van der Waals surface area contributed by atoms with E-state index in [-0.39, 0.29) is 11.5 Å². The summed E-state index contributed by atoms with van der Waals surface area (Å²) in [6.45, 7) is 6.19. The van der Waals surface area contributed by atoms with Crippen LogP contribution in [0.4, 0.5) is 10.3 Å². The second kappa shape index (κ2) is 7.85. The normalized spacial score (nSPS) is 11.6. The fraction of sp³-hybridized carbons (Fsp3) is 0.389. The molecule has 0 fully saturated rings. The smallest absolute Gasteiger partial charge is 0.284 e. The Hall–Kier alpha value is -3.14. The Morgan fingerprint density at radius 3 is 2.71 bits per heavy atom. The van der Waals surface area contributed by atoms with Crippen molar-refractivity contribution in [3.8, 4) is 0 Å². The first-order valence-corrected chi connectivity index (χ1v) is 8.69. The number of nitrogens with zero attached hydrogens (tertiary/aromatic N) is 6. The number of halogens is 1. The third kappa shape index (κ3) is 3.63. The van der Waals surface area contributed by atoms with Gasteiger partial charge in [-0.15, -0.1) is 0 Å². The summed E-state index contributed by atoms with van der Waals surface area (Å²) in [7, 11) is 3.10. The molecule has 0 radical (unpaired) electrons. The minimum Gasteiger partial charge on any atom is -0.383 e. The van der Waals surface area contributed by atoms with Gasteiger partial charge in [0.05, 0.1) is 36.0 Å². The molecule has 0 saturated carbocycles. The van der Waals surface area contributed by atoms with E-state index < -0.39 is 11.5 Å². The van der Waals surface area contributed by atoms with Gasteiger partial charge in [0.2, 0.25) is 11.9 Å². The van der Waals surface area contributed by atoms with Crippen molar-refractivity contribution < 1.29 is 9.13 Å². The molecule has 148 valence electrons. The highest BCUT2D eigenvalue weighted by atomic mass is 19.1. The van der Waals surface area contributed by atoms with E-state index >= 15 is 0 Å². The van der Waals surface area contributed by atoms with Crippen LogP contribution in [0.2, 0.25) is 0 Å². The second-order valence-electron chi connectivity index (χ2n) is 6.45. The van der Waals surface area contributed by atoms with E-state index in [0.29, 0.717) is 29.9 Å². The number of hydrazone groups is 1. The highest BCUT2D eigenvalue weighted by molar-refractivity contribution is 5.82. The molecule has 10 heteroatoms. The lowest BCUT2D eigenvalue weighted by molar-refractivity contribution is 0.188. The van der Waals surface area contributed by atoms with Crippen LogP contribution in [0.25, 0.3) is 11.0 Å². The molecule has 9 nitrogen and oxygen atoms in total. The number of aryl methyl sites for hydroxylation is 4. The number of ether oxygens (including phenoxy) is 1. The van der Waals surface area contributed by atoms with Gasteiger partial charge < -0.3 is 4.74 Å². The van der Waals surface area contributed by atoms with Gasteiger partial charge in [0, 0.05) is 19.9 Å². The second-order valence-corrected chi connectivity index (χ2v) is 6.45. The number of nitrogens with one attached hydrogen (secondary N) is 1. The molecule has 0 unspecified atom stereocenters. The average Bonchev–Trinajstić information content (AvgIpc) is 2.86. The van der Waals surface area contributed by atoms with Crippen molar-refractivity contribution in [3.05, 3.63) is 44.9 Å². The van der Waals surface area contributed by atoms with Crippen molar-refractivity contribution in [3.63, 3.8) is 0 Å². The van der Waals surface area contributed by atoms with Crippen LogP contribution in [0, 0.1) is 26.7 Å². The van der Waals surface area contributed by atoms with Crippen LogP contribution in [0.3, 0.4) is 0 Å². The highest BCUT2D eigenvalue weighted by Crippen LogP contribution is 2.17. The summed E-state index contributed by atoms with van der Waals surface area (Å²) < 4.78 is 22.1. The molecule has 3 aromatic rings. The van der Waals surface area contributed by atoms with E-state index in [2.05, 4.69) is 25.6 Å². The van der Waals surface area contributed by atoms with E-state index in [1.54, 1.807) is 18.6 Å². The van der Waals surface area contributed by atoms with Gasteiger partial charge in [-0.1, -0.05) is 0 Å². The van der Waals surface area contributed by atoms with E-state index in [1.165, 1.54) is 13.3 Å². The van der Waals surface area contributed by atoms with Crippen LogP contribution in [-0.2, 0) is 18.3 Å². The van der Waals surface area contributed by atoms with Crippen molar-refractivity contribution in [2.24, 2.45) is 12.1 Å². The fourth-order valence-corrected chi connectivity index (χ4v) is 3.02. The Morgan fingerprint density at radius 2 is 2.07 bits per heavy atom. The molecule has 3 aromatic heterocycles. The van der Waals surface area contributed by atoms with Gasteiger partial charge in [0.1, 0.15) is 5.65 Å². The summed E-state index contributed by atoms with van der Waals surface area (Å²) in [4.78, 5) is 21.2. The lowest BCUT2D eigenvalue weighted by atomic mass is 10.2. The summed E-state index contributed by atoms with van der Waals surface area (Å²) in [6, 6.07) is 1.84. The Bertz CT molecular complexity index is 1120. The van der Waals surface area contributed by atoms with Gasteiger partial charge in [-0.05, 0) is 32.4 Å². The van der Waals surface area contributed by atoms with Gasteiger partial charge >= 0.3 is 0 Å². The molecule has 3 heterocycles. The van der Waals surface area contributed by atoms with E-state index in [0.717, 1.165) is 15.9 Å². The number of methoxy groups -OCH3 is 1. The zero-order valence-electron chi connectivity index (χ0n) is 16.4. The van der Waals surface area contributed by atoms with E-state index in [4.69, 9.17) is 4.74 Å². The standard InChI is InChI=1S/C18H22FN7O2/c1-10-8-11(2)21-16-14(10)17(27)22-18(26(16)6-7-28-5)23-20-9-13-12(3)24-25(4)15(13)19/h8-9H,6-7H2,1-5H3,(H,22,23,27). The van der Waals surface area contributed by atoms with Crippen molar-refractivity contribution in [2.75, 3.05) is 19.1 Å². The lowest BCUT2D eigenvalue weighted by Gasteiger charge is -2.15. The summed E-state index contributed by atoms with van der Waals surface area (Å²) in [5, 5.41) is 8.49. The summed E-state index contributed by atoms with van der Waals surface area (Å²) in [6.07, 6.45) is 1.31. The molecule has 0 aliphatic heterocycles. The largest absolute Gasteiger partial charge is 0.383 e. The Labute approximate surface area is 160 Å². The first-order chi connectivity index (χ1) is 13.3. The number of anilines is 1. The third-order valence-electron chi connectivity index (χ3n) is 4.33. The minimum atomic E-state index is -0.501. The highest BCUT2D eigenvalue weighted by Gasteiger charge is 2.15. The molecule has 0 aromatic carbocycles. The molecule has 0 aliphatic carbocycles. The molecule has 28 heavy (non-hydrogen) atoms. The molecule has 0 spiro atoms. The molecule has 0 amide bonds. The van der Waals surface area contributed by atoms with Gasteiger partial charge in [0.25, 0.3) is 5.56 Å². The van der Waals surface area contributed by atoms with Crippen LogP contribution in [0.15, 0.2) is 16.0 Å². The van der Waals surface area contributed by atoms with Crippen LogP contribution >= 0.6 is 0 Å². The first-order valence-electron chi connectivity index (χ1n) is 8.69. The molecule has 1 N–H and O–H groups in total. The Balaban J connectivity index is 2.07. The van der Waals surface area contributed by atoms with Crippen LogP contribution < -0.4 is 11.0 Å². The lowest BCUT2D eigenvalue weighted by Crippen LogP contribution is -2.21. The quantitative estimate of drug-likeness (QED) is 0.510. The summed E-state index contributed by atoms with van der Waals surface area (Å²) >= 11 is 0. The number of pyridine rings is 1. The molecular weight excluding hydrogens is 365 g/mol. The van der Waals surface area contributed by atoms with E-state index in [9.17, 15) is 9.18 Å². The minimum absolute atomic E-state index is 0.199. The number of hydrogen-bond acceptors (Lipinski definition) is 7. The van der Waals surface area contributed by atoms with E-state index in [1.807, 2.05) is 19.9 Å². The molecular formula is C18H22FN7O2. The topological polar surface area (TPSA) is 99.2 Å². The first kappa shape index (κ1) is 19.6. The Morgan fingerprint density at radius 1 is 1.32 bits per heavy atom. The summed E-state index contributed by atoms with van der Waals surface area (Å²) in [5.41, 5.74) is 5.16. The van der Waals surface area contributed by atoms with Crippen LogP contribution in [0.1, 0.15) is 22.5 Å². The molecule has 0 bridgehead atoms. The Kier molecular flexibility index (Phi) is 5.50. The van der Waals surface area contributed by atoms with Crippen molar-refractivity contribution >= 4 is 23.2 Å². The van der Waals surface area contributed by atoms with Gasteiger partial charge in [0.15, 0.2) is 0 Å². The molecule has 3 rings (SSSR count). The third-order valence-corrected chi connectivity index (χ3v) is 4.33. The molecule has 0 aliphatic rings. The summed E-state index contributed by atoms with van der Waals surface area (Å²) in [5.74, 6) is -0.301. The number of fused-ring (bicyclic) bond motifs is 1. The number of hydrogen-bond donors (Lipinski definition) is 1. The van der Waals surface area contributed by atoms with Crippen LogP contribution in [-0.4, -0.2) is 44.2 Å². The van der Waals surface area contributed by atoms with Crippen molar-refractivity contribution in [1.82, 2.24) is 24.3 Å². The monoisotopic (exact) mass is 387 g/mol. The van der Waals surface area contributed by atoms with Crippen molar-refractivity contribution in [1.29, 1.82) is 0 Å². The van der Waals surface area contributed by atoms with Gasteiger partial charge in [-0.25, -0.2) is 15.1 Å². The predicted molar refractivity (Wildman–Crippen MR) is 104 cm³/mol. The maximum absolute atomic E-state index is 14.0. The molecule has 0 saturated heterocycles. The number of rotatable bonds is 6. The van der Waals surface area contributed by atoms with Gasteiger partial charge in [-0.3, -0.25) is 9.36 Å². The van der Waals surface area contributed by atoms with Crippen molar-refractivity contribution in [2.45, 2.75) is 27.3 Å². The maximum Gasteiger partial charge on any atom is 0.284 e. The van der Waals surface area contributed by atoms with Crippen LogP contribution in [0.5, 0.6) is 0 Å². The molecule has 0 atom stereocenters. The van der Waals surface area contributed by atoms with Gasteiger partial charge in [-0.2, -0.15) is 19.6 Å². The zero-order chi connectivity index (χ0) is 20.4. The average molecular weight is 387 g/mol. The maximum atomic E-state index is 14.0. The predicted octanol–water partition coefficient (Wildman–Crippen LogP) is 1.68.